The Hall–Kier alpha value is -1.73. The van der Waals surface area contributed by atoms with Crippen LogP contribution in [0.2, 0.25) is 0 Å². The lowest BCUT2D eigenvalue weighted by Gasteiger charge is -2.28. The number of aryl methyl sites for hydroxylation is 1. The Kier molecular flexibility index (Phi) is 4.31. The predicted octanol–water partition coefficient (Wildman–Crippen LogP) is 0.0940. The van der Waals surface area contributed by atoms with Crippen LogP contribution in [0.5, 0.6) is 0 Å². The van der Waals surface area contributed by atoms with Gasteiger partial charge in [0.1, 0.15) is 5.69 Å². The van der Waals surface area contributed by atoms with E-state index in [2.05, 4.69) is 14.9 Å². The highest BCUT2D eigenvalue weighted by molar-refractivity contribution is 5.92. The van der Waals surface area contributed by atoms with E-state index < -0.39 is 0 Å². The van der Waals surface area contributed by atoms with Gasteiger partial charge < -0.3 is 19.3 Å². The molecule has 0 aliphatic carbocycles. The fourth-order valence-electron chi connectivity index (χ4n) is 2.50. The highest BCUT2D eigenvalue weighted by Crippen LogP contribution is 2.14. The first-order chi connectivity index (χ1) is 10.2. The van der Waals surface area contributed by atoms with Crippen molar-refractivity contribution in [2.24, 2.45) is 0 Å². The zero-order chi connectivity index (χ0) is 14.7. The summed E-state index contributed by atoms with van der Waals surface area (Å²) in [5.74, 6) is 0.577. The largest absolute Gasteiger partial charge is 0.378 e. The van der Waals surface area contributed by atoms with E-state index >= 15 is 0 Å². The summed E-state index contributed by atoms with van der Waals surface area (Å²) in [7, 11) is 0. The summed E-state index contributed by atoms with van der Waals surface area (Å²) in [5.41, 5.74) is 1.27. The minimum Gasteiger partial charge on any atom is -0.378 e. The number of hydrogen-bond acceptors (Lipinski definition) is 6. The maximum absolute atomic E-state index is 12.5. The minimum absolute atomic E-state index is 0.0432. The Morgan fingerprint density at radius 3 is 2.33 bits per heavy atom. The van der Waals surface area contributed by atoms with Gasteiger partial charge in [-0.05, 0) is 13.0 Å². The molecule has 21 heavy (non-hydrogen) atoms. The number of carbonyl (C=O) groups excluding carboxylic acids is 1. The average Bonchev–Trinajstić information content (AvgIpc) is 2.55. The van der Waals surface area contributed by atoms with Gasteiger partial charge in [0.05, 0.1) is 26.4 Å². The van der Waals surface area contributed by atoms with E-state index in [4.69, 9.17) is 9.47 Å². The quantitative estimate of drug-likeness (QED) is 0.770. The van der Waals surface area contributed by atoms with E-state index in [1.54, 1.807) is 11.0 Å². The van der Waals surface area contributed by atoms with Gasteiger partial charge in [-0.1, -0.05) is 0 Å². The fourth-order valence-corrected chi connectivity index (χ4v) is 2.50. The molecule has 3 rings (SSSR count). The minimum atomic E-state index is -0.0432. The van der Waals surface area contributed by atoms with Crippen molar-refractivity contribution in [3.63, 3.8) is 0 Å². The van der Waals surface area contributed by atoms with Crippen molar-refractivity contribution in [3.05, 3.63) is 17.5 Å². The molecule has 0 spiro atoms. The van der Waals surface area contributed by atoms with Gasteiger partial charge in [0.2, 0.25) is 5.95 Å². The van der Waals surface area contributed by atoms with Crippen LogP contribution in [-0.2, 0) is 9.47 Å². The molecule has 2 aliphatic rings. The van der Waals surface area contributed by atoms with Gasteiger partial charge in [0, 0.05) is 31.9 Å². The third-order valence-electron chi connectivity index (χ3n) is 3.65. The predicted molar refractivity (Wildman–Crippen MR) is 76.5 cm³/mol. The normalized spacial score (nSPS) is 19.7. The van der Waals surface area contributed by atoms with E-state index in [0.29, 0.717) is 51.2 Å². The van der Waals surface area contributed by atoms with Crippen molar-refractivity contribution in [3.8, 4) is 0 Å². The molecule has 114 valence electrons. The zero-order valence-corrected chi connectivity index (χ0v) is 12.2. The van der Waals surface area contributed by atoms with E-state index in [9.17, 15) is 4.79 Å². The van der Waals surface area contributed by atoms with Gasteiger partial charge in [0.25, 0.3) is 5.91 Å². The van der Waals surface area contributed by atoms with Gasteiger partial charge in [-0.25, -0.2) is 9.97 Å². The molecule has 0 atom stereocenters. The van der Waals surface area contributed by atoms with Gasteiger partial charge in [0.15, 0.2) is 0 Å². The maximum atomic E-state index is 12.5. The van der Waals surface area contributed by atoms with Gasteiger partial charge in [-0.2, -0.15) is 0 Å². The number of hydrogen-bond donors (Lipinski definition) is 0. The highest BCUT2D eigenvalue weighted by atomic mass is 16.5. The van der Waals surface area contributed by atoms with Crippen molar-refractivity contribution in [2.75, 3.05) is 57.5 Å². The average molecular weight is 292 g/mol. The van der Waals surface area contributed by atoms with E-state index in [-0.39, 0.29) is 5.91 Å². The second-order valence-corrected chi connectivity index (χ2v) is 5.20. The van der Waals surface area contributed by atoms with Crippen LogP contribution < -0.4 is 4.90 Å². The summed E-state index contributed by atoms with van der Waals surface area (Å²) in [6, 6.07) is 1.75. The molecule has 7 heteroatoms. The molecule has 2 fully saturated rings. The standard InChI is InChI=1S/C14H20N4O3/c1-11-10-12(13(19)17-2-6-20-7-3-17)16-14(15-11)18-4-8-21-9-5-18/h10H,2-9H2,1H3. The second-order valence-electron chi connectivity index (χ2n) is 5.20. The highest BCUT2D eigenvalue weighted by Gasteiger charge is 2.22. The molecule has 1 amide bonds. The van der Waals surface area contributed by atoms with Crippen LogP contribution in [0, 0.1) is 6.92 Å². The summed E-state index contributed by atoms with van der Waals surface area (Å²) in [6.07, 6.45) is 0. The third kappa shape index (κ3) is 3.30. The molecular weight excluding hydrogens is 272 g/mol. The van der Waals surface area contributed by atoms with E-state index in [1.165, 1.54) is 0 Å². The molecular formula is C14H20N4O3. The zero-order valence-electron chi connectivity index (χ0n) is 12.2. The summed E-state index contributed by atoms with van der Waals surface area (Å²) >= 11 is 0. The Morgan fingerprint density at radius 2 is 1.67 bits per heavy atom. The molecule has 1 aromatic rings. The van der Waals surface area contributed by atoms with Crippen LogP contribution >= 0.6 is 0 Å². The van der Waals surface area contributed by atoms with Crippen molar-refractivity contribution in [1.82, 2.24) is 14.9 Å². The molecule has 0 saturated carbocycles. The lowest BCUT2D eigenvalue weighted by atomic mass is 10.3. The topological polar surface area (TPSA) is 67.8 Å². The monoisotopic (exact) mass is 292 g/mol. The number of anilines is 1. The molecule has 2 aliphatic heterocycles. The molecule has 0 aromatic carbocycles. The first kappa shape index (κ1) is 14.2. The molecule has 0 bridgehead atoms. The maximum Gasteiger partial charge on any atom is 0.272 e. The molecule has 0 radical (unpaired) electrons. The van der Waals surface area contributed by atoms with Gasteiger partial charge in [-0.3, -0.25) is 4.79 Å². The third-order valence-corrected chi connectivity index (χ3v) is 3.65. The lowest BCUT2D eigenvalue weighted by molar-refractivity contribution is 0.0299. The Balaban J connectivity index is 1.81. The number of ether oxygens (including phenoxy) is 2. The van der Waals surface area contributed by atoms with Crippen molar-refractivity contribution >= 4 is 11.9 Å². The van der Waals surface area contributed by atoms with Crippen LogP contribution in [0.4, 0.5) is 5.95 Å². The molecule has 1 aromatic heterocycles. The molecule has 7 nitrogen and oxygen atoms in total. The number of aromatic nitrogens is 2. The Morgan fingerprint density at radius 1 is 1.05 bits per heavy atom. The van der Waals surface area contributed by atoms with Crippen LogP contribution in [0.1, 0.15) is 16.2 Å². The lowest BCUT2D eigenvalue weighted by Crippen LogP contribution is -2.41. The molecule has 3 heterocycles. The van der Waals surface area contributed by atoms with Gasteiger partial charge in [-0.15, -0.1) is 0 Å². The first-order valence-corrected chi connectivity index (χ1v) is 7.29. The van der Waals surface area contributed by atoms with Crippen LogP contribution in [0.15, 0.2) is 6.07 Å². The summed E-state index contributed by atoms with van der Waals surface area (Å²) in [5, 5.41) is 0. The molecule has 0 N–H and O–H groups in total. The van der Waals surface area contributed by atoms with Crippen LogP contribution in [0.25, 0.3) is 0 Å². The fraction of sp³-hybridized carbons (Fsp3) is 0.643. The van der Waals surface area contributed by atoms with Crippen molar-refractivity contribution in [1.29, 1.82) is 0 Å². The van der Waals surface area contributed by atoms with Gasteiger partial charge >= 0.3 is 0 Å². The number of amides is 1. The molecule has 0 unspecified atom stereocenters. The molecule has 2 saturated heterocycles. The SMILES string of the molecule is Cc1cc(C(=O)N2CCOCC2)nc(N2CCOCC2)n1. The first-order valence-electron chi connectivity index (χ1n) is 7.29. The smallest absolute Gasteiger partial charge is 0.272 e. The van der Waals surface area contributed by atoms with E-state index in [0.717, 1.165) is 18.8 Å². The summed E-state index contributed by atoms with van der Waals surface area (Å²) < 4.78 is 10.6. The van der Waals surface area contributed by atoms with Crippen molar-refractivity contribution in [2.45, 2.75) is 6.92 Å². The number of morpholine rings is 2. The Labute approximate surface area is 123 Å². The number of nitrogens with zero attached hydrogens (tertiary/aromatic N) is 4. The van der Waals surface area contributed by atoms with Crippen LogP contribution in [0.3, 0.4) is 0 Å². The summed E-state index contributed by atoms with van der Waals surface area (Å²) in [4.78, 5) is 25.3. The Bertz CT molecular complexity index is 511. The number of rotatable bonds is 2. The van der Waals surface area contributed by atoms with E-state index in [1.807, 2.05) is 6.92 Å². The second kappa shape index (κ2) is 6.36. The van der Waals surface area contributed by atoms with Crippen LogP contribution in [-0.4, -0.2) is 73.4 Å². The van der Waals surface area contributed by atoms with Crippen molar-refractivity contribution < 1.29 is 14.3 Å². The number of carbonyl (C=O) groups is 1. The summed E-state index contributed by atoms with van der Waals surface area (Å²) in [6.45, 7) is 7.17.